The van der Waals surface area contributed by atoms with Crippen LogP contribution in [0.15, 0.2) is 4.52 Å². The Kier molecular flexibility index (Phi) is 9.18. The molecule has 1 heterocycles. The van der Waals surface area contributed by atoms with Gasteiger partial charge in [-0.3, -0.25) is 9.59 Å². The van der Waals surface area contributed by atoms with Crippen molar-refractivity contribution in [2.45, 2.75) is 39.0 Å². The van der Waals surface area contributed by atoms with E-state index < -0.39 is 36.5 Å². The Morgan fingerprint density at radius 1 is 1.28 bits per heavy atom. The second kappa shape index (κ2) is 10.5. The van der Waals surface area contributed by atoms with Crippen LogP contribution < -0.4 is 16.4 Å². The number of aromatic nitrogens is 2. The van der Waals surface area contributed by atoms with Gasteiger partial charge in [0, 0.05) is 6.92 Å². The van der Waals surface area contributed by atoms with Crippen LogP contribution in [0.2, 0.25) is 0 Å². The van der Waals surface area contributed by atoms with Gasteiger partial charge < -0.3 is 36.2 Å². The summed E-state index contributed by atoms with van der Waals surface area (Å²) in [5.74, 6) is -2.94. The minimum Gasteiger partial charge on any atom is -0.481 e. The number of aliphatic carboxylic acids is 2. The number of carbonyl (C=O) groups excluding carboxylic acids is 2. The van der Waals surface area contributed by atoms with Crippen LogP contribution in [0.4, 0.5) is 4.79 Å². The van der Waals surface area contributed by atoms with Crippen LogP contribution in [0.1, 0.15) is 25.6 Å². The molecule has 0 aliphatic heterocycles. The van der Waals surface area contributed by atoms with Crippen molar-refractivity contribution in [3.05, 3.63) is 11.7 Å². The molecule has 0 saturated heterocycles. The smallest absolute Gasteiger partial charge is 0.328 e. The molecule has 0 aromatic carbocycles. The van der Waals surface area contributed by atoms with Crippen molar-refractivity contribution >= 4 is 23.9 Å². The van der Waals surface area contributed by atoms with E-state index in [4.69, 9.17) is 10.2 Å². The summed E-state index contributed by atoms with van der Waals surface area (Å²) < 4.78 is 4.68. The molecule has 3 amide bonds. The first kappa shape index (κ1) is 21.8. The summed E-state index contributed by atoms with van der Waals surface area (Å²) in [7, 11) is 0. The third-order valence-electron chi connectivity index (χ3n) is 2.25. The van der Waals surface area contributed by atoms with E-state index in [0.717, 1.165) is 0 Å². The Labute approximate surface area is 141 Å². The standard InChI is InChI=1S/C10H14N4O7.C2H5NO/c1-4(15)8(9(18)19)13-10(20)11-3-6-12-5(14-21-6)2-7(16)17;1-2(3)4/h4,8,15H,2-3H2,1H3,(H,16,17)(H,18,19)(H2,11,13,20);1H3,(H2,3,4). The molecule has 1 aromatic rings. The minimum absolute atomic E-state index is 0.0367. The van der Waals surface area contributed by atoms with Crippen molar-refractivity contribution in [1.82, 2.24) is 20.8 Å². The van der Waals surface area contributed by atoms with Crippen molar-refractivity contribution in [2.75, 3.05) is 0 Å². The highest BCUT2D eigenvalue weighted by Gasteiger charge is 2.25. The molecule has 0 fully saturated rings. The summed E-state index contributed by atoms with van der Waals surface area (Å²) in [6.45, 7) is 2.31. The number of hydrogen-bond acceptors (Lipinski definition) is 8. The maximum absolute atomic E-state index is 11.4. The molecule has 2 unspecified atom stereocenters. The topological polar surface area (TPSA) is 218 Å². The Bertz CT molecular complexity index is 610. The van der Waals surface area contributed by atoms with Crippen molar-refractivity contribution in [3.8, 4) is 0 Å². The number of urea groups is 1. The van der Waals surface area contributed by atoms with Crippen LogP contribution in [0.5, 0.6) is 0 Å². The molecule has 13 heteroatoms. The molecule has 0 aliphatic rings. The normalized spacial score (nSPS) is 12.1. The van der Waals surface area contributed by atoms with Crippen LogP contribution in [-0.4, -0.2) is 61.5 Å². The first-order chi connectivity index (χ1) is 11.5. The molecule has 0 saturated carbocycles. The number of nitrogens with zero attached hydrogens (tertiary/aromatic N) is 2. The lowest BCUT2D eigenvalue weighted by Gasteiger charge is -2.16. The van der Waals surface area contributed by atoms with Crippen LogP contribution >= 0.6 is 0 Å². The monoisotopic (exact) mass is 361 g/mol. The van der Waals surface area contributed by atoms with Gasteiger partial charge in [-0.2, -0.15) is 4.98 Å². The molecule has 0 bridgehead atoms. The fourth-order valence-electron chi connectivity index (χ4n) is 1.31. The number of carbonyl (C=O) groups is 4. The van der Waals surface area contributed by atoms with E-state index in [1.165, 1.54) is 13.8 Å². The summed E-state index contributed by atoms with van der Waals surface area (Å²) >= 11 is 0. The third-order valence-corrected chi connectivity index (χ3v) is 2.25. The van der Waals surface area contributed by atoms with Gasteiger partial charge in [0.1, 0.15) is 6.42 Å². The van der Waals surface area contributed by atoms with E-state index >= 15 is 0 Å². The lowest BCUT2D eigenvalue weighted by molar-refractivity contribution is -0.142. The number of amides is 3. The first-order valence-corrected chi connectivity index (χ1v) is 6.77. The quantitative estimate of drug-likeness (QED) is 0.308. The van der Waals surface area contributed by atoms with E-state index in [9.17, 15) is 24.3 Å². The molecule has 13 nitrogen and oxygen atoms in total. The molecule has 0 aliphatic carbocycles. The van der Waals surface area contributed by atoms with Gasteiger partial charge >= 0.3 is 18.0 Å². The number of nitrogens with two attached hydrogens (primary N) is 1. The largest absolute Gasteiger partial charge is 0.481 e. The Balaban J connectivity index is 0.00000129. The highest BCUT2D eigenvalue weighted by molar-refractivity contribution is 5.82. The highest BCUT2D eigenvalue weighted by Crippen LogP contribution is 1.98. The van der Waals surface area contributed by atoms with Gasteiger partial charge in [0.15, 0.2) is 11.9 Å². The van der Waals surface area contributed by atoms with E-state index in [-0.39, 0.29) is 24.2 Å². The zero-order chi connectivity index (χ0) is 19.6. The lowest BCUT2D eigenvalue weighted by atomic mass is 10.2. The maximum Gasteiger partial charge on any atom is 0.328 e. The second-order valence-electron chi connectivity index (χ2n) is 4.67. The summed E-state index contributed by atoms with van der Waals surface area (Å²) in [5.41, 5.74) is 4.47. The second-order valence-corrected chi connectivity index (χ2v) is 4.67. The van der Waals surface area contributed by atoms with Crippen LogP contribution in [-0.2, 0) is 27.3 Å². The SMILES string of the molecule is CC(N)=O.CC(O)C(NC(=O)NCc1nc(CC(=O)O)no1)C(=O)O. The number of hydrogen-bond donors (Lipinski definition) is 6. The number of aliphatic hydroxyl groups is 1. The van der Waals surface area contributed by atoms with Crippen molar-refractivity contribution in [3.63, 3.8) is 0 Å². The van der Waals surface area contributed by atoms with Crippen molar-refractivity contribution in [2.24, 2.45) is 5.73 Å². The minimum atomic E-state index is -1.46. The molecule has 1 rings (SSSR count). The van der Waals surface area contributed by atoms with Crippen LogP contribution in [0.25, 0.3) is 0 Å². The third kappa shape index (κ3) is 10.2. The lowest BCUT2D eigenvalue weighted by Crippen LogP contribution is -2.51. The Morgan fingerprint density at radius 2 is 1.84 bits per heavy atom. The highest BCUT2D eigenvalue weighted by atomic mass is 16.5. The predicted molar refractivity (Wildman–Crippen MR) is 79.0 cm³/mol. The average Bonchev–Trinajstić information content (AvgIpc) is 2.88. The van der Waals surface area contributed by atoms with E-state index in [2.05, 4.69) is 25.7 Å². The van der Waals surface area contributed by atoms with Gasteiger partial charge in [-0.05, 0) is 6.92 Å². The molecule has 0 spiro atoms. The van der Waals surface area contributed by atoms with Crippen molar-refractivity contribution in [1.29, 1.82) is 0 Å². The number of primary amides is 1. The molecular formula is C12H19N5O8. The van der Waals surface area contributed by atoms with E-state index in [1.54, 1.807) is 0 Å². The van der Waals surface area contributed by atoms with Gasteiger partial charge in [-0.25, -0.2) is 9.59 Å². The summed E-state index contributed by atoms with van der Waals surface area (Å²) in [4.78, 5) is 45.5. The Hall–Kier alpha value is -3.22. The fourth-order valence-corrected chi connectivity index (χ4v) is 1.31. The summed E-state index contributed by atoms with van der Waals surface area (Å²) in [6.07, 6.45) is -1.70. The predicted octanol–water partition coefficient (Wildman–Crippen LogP) is -2.18. The fraction of sp³-hybridized carbons (Fsp3) is 0.500. The average molecular weight is 361 g/mol. The molecule has 2 atom stereocenters. The van der Waals surface area contributed by atoms with Gasteiger partial charge in [0.25, 0.3) is 0 Å². The number of aliphatic hydroxyl groups excluding tert-OH is 1. The first-order valence-electron chi connectivity index (χ1n) is 6.77. The molecule has 7 N–H and O–H groups in total. The van der Waals surface area contributed by atoms with Gasteiger partial charge in [-0.15, -0.1) is 0 Å². The number of nitrogens with one attached hydrogen (secondary N) is 2. The number of rotatable bonds is 7. The Morgan fingerprint density at radius 3 is 2.28 bits per heavy atom. The number of carboxylic acid groups (broad SMARTS) is 2. The van der Waals surface area contributed by atoms with Gasteiger partial charge in [-0.1, -0.05) is 5.16 Å². The van der Waals surface area contributed by atoms with Gasteiger partial charge in [0.05, 0.1) is 12.6 Å². The maximum atomic E-state index is 11.4. The zero-order valence-corrected chi connectivity index (χ0v) is 13.4. The van der Waals surface area contributed by atoms with Crippen LogP contribution in [0, 0.1) is 0 Å². The molecule has 140 valence electrons. The van der Waals surface area contributed by atoms with Crippen molar-refractivity contribution < 1.29 is 39.0 Å². The summed E-state index contributed by atoms with van der Waals surface area (Å²) in [6, 6.07) is -2.32. The zero-order valence-electron chi connectivity index (χ0n) is 13.4. The number of carboxylic acids is 2. The molecule has 25 heavy (non-hydrogen) atoms. The van der Waals surface area contributed by atoms with Crippen LogP contribution in [0.3, 0.4) is 0 Å². The van der Waals surface area contributed by atoms with E-state index in [1.807, 2.05) is 5.32 Å². The molecular weight excluding hydrogens is 342 g/mol. The van der Waals surface area contributed by atoms with Gasteiger partial charge in [0.2, 0.25) is 11.8 Å². The summed E-state index contributed by atoms with van der Waals surface area (Å²) in [5, 5.41) is 34.1. The molecule has 1 aromatic heterocycles. The van der Waals surface area contributed by atoms with E-state index in [0.29, 0.717) is 0 Å². The molecule has 0 radical (unpaired) electrons.